The highest BCUT2D eigenvalue weighted by Gasteiger charge is 2.00. The van der Waals surface area contributed by atoms with Crippen LogP contribution in [0.1, 0.15) is 5.56 Å². The molecule has 1 rings (SSSR count). The second-order valence-electron chi connectivity index (χ2n) is 1.72. The Morgan fingerprint density at radius 3 is 2.78 bits per heavy atom. The molecule has 0 atom stereocenters. The predicted octanol–water partition coefficient (Wildman–Crippen LogP) is 1.92. The van der Waals surface area contributed by atoms with Crippen molar-refractivity contribution in [2.75, 3.05) is 0 Å². The van der Waals surface area contributed by atoms with Crippen molar-refractivity contribution in [3.8, 4) is 0 Å². The second kappa shape index (κ2) is 3.01. The van der Waals surface area contributed by atoms with E-state index in [0.717, 1.165) is 5.33 Å². The largest absolute Gasteiger partial charge is 0.262 e. The van der Waals surface area contributed by atoms with Crippen molar-refractivity contribution >= 4 is 38.5 Å². The third kappa shape index (κ3) is 1.46. The lowest BCUT2D eigenvalue weighted by Crippen LogP contribution is -1.92. The Morgan fingerprint density at radius 2 is 2.56 bits per heavy atom. The maximum Gasteiger partial charge on any atom is 0.103 e. The van der Waals surface area contributed by atoms with Gasteiger partial charge in [-0.05, 0) is 22.6 Å². The molecule has 1 heterocycles. The van der Waals surface area contributed by atoms with Gasteiger partial charge in [0.05, 0.1) is 6.20 Å². The standard InChI is InChI=1S/C5H6BrIN2/c1-9-5(7)4(2-6)3-8-9/h3H,2H2,1H3. The molecule has 0 saturated heterocycles. The number of hydrogen-bond acceptors (Lipinski definition) is 1. The van der Waals surface area contributed by atoms with E-state index in [0.29, 0.717) is 0 Å². The zero-order chi connectivity index (χ0) is 6.85. The summed E-state index contributed by atoms with van der Waals surface area (Å²) in [5, 5.41) is 4.95. The van der Waals surface area contributed by atoms with Crippen LogP contribution in [-0.4, -0.2) is 9.78 Å². The first kappa shape index (κ1) is 7.53. The topological polar surface area (TPSA) is 17.8 Å². The van der Waals surface area contributed by atoms with Gasteiger partial charge in [-0.2, -0.15) is 5.10 Å². The van der Waals surface area contributed by atoms with Crippen molar-refractivity contribution in [1.82, 2.24) is 9.78 Å². The van der Waals surface area contributed by atoms with E-state index in [2.05, 4.69) is 43.6 Å². The first-order valence-electron chi connectivity index (χ1n) is 2.48. The number of alkyl halides is 1. The first-order valence-corrected chi connectivity index (χ1v) is 4.68. The summed E-state index contributed by atoms with van der Waals surface area (Å²) in [5.41, 5.74) is 1.25. The van der Waals surface area contributed by atoms with Crippen molar-refractivity contribution in [2.24, 2.45) is 7.05 Å². The lowest BCUT2D eigenvalue weighted by atomic mass is 10.4. The van der Waals surface area contributed by atoms with Gasteiger partial charge in [-0.1, -0.05) is 15.9 Å². The highest BCUT2D eigenvalue weighted by molar-refractivity contribution is 14.1. The second-order valence-corrected chi connectivity index (χ2v) is 3.30. The van der Waals surface area contributed by atoms with Crippen molar-refractivity contribution in [3.63, 3.8) is 0 Å². The van der Waals surface area contributed by atoms with Crippen molar-refractivity contribution in [2.45, 2.75) is 5.33 Å². The summed E-state index contributed by atoms with van der Waals surface area (Å²) < 4.78 is 3.06. The minimum Gasteiger partial charge on any atom is -0.262 e. The quantitative estimate of drug-likeness (QED) is 0.572. The van der Waals surface area contributed by atoms with E-state index >= 15 is 0 Å². The van der Waals surface area contributed by atoms with Gasteiger partial charge >= 0.3 is 0 Å². The molecule has 0 aliphatic heterocycles. The summed E-state index contributed by atoms with van der Waals surface area (Å²) in [7, 11) is 1.94. The molecule has 1 aromatic heterocycles. The molecule has 0 radical (unpaired) electrons. The Hall–Kier alpha value is 0.420. The van der Waals surface area contributed by atoms with Gasteiger partial charge in [-0.25, -0.2) is 0 Å². The molecule has 1 aromatic rings. The number of rotatable bonds is 1. The predicted molar refractivity (Wildman–Crippen MR) is 48.6 cm³/mol. The van der Waals surface area contributed by atoms with E-state index in [-0.39, 0.29) is 0 Å². The van der Waals surface area contributed by atoms with Crippen LogP contribution in [0.25, 0.3) is 0 Å². The fourth-order valence-electron chi connectivity index (χ4n) is 0.558. The van der Waals surface area contributed by atoms with Crippen LogP contribution in [0, 0.1) is 3.70 Å². The number of nitrogens with zero attached hydrogens (tertiary/aromatic N) is 2. The van der Waals surface area contributed by atoms with Crippen LogP contribution in [0.2, 0.25) is 0 Å². The van der Waals surface area contributed by atoms with Gasteiger partial charge in [0, 0.05) is 17.9 Å². The molecule has 4 heteroatoms. The van der Waals surface area contributed by atoms with Crippen LogP contribution >= 0.6 is 38.5 Å². The molecule has 0 aliphatic carbocycles. The zero-order valence-electron chi connectivity index (χ0n) is 4.93. The molecule has 50 valence electrons. The zero-order valence-corrected chi connectivity index (χ0v) is 8.68. The highest BCUT2D eigenvalue weighted by Crippen LogP contribution is 2.12. The van der Waals surface area contributed by atoms with Gasteiger partial charge in [0.25, 0.3) is 0 Å². The molecule has 0 saturated carbocycles. The molecule has 0 fully saturated rings. The van der Waals surface area contributed by atoms with Crippen LogP contribution in [0.5, 0.6) is 0 Å². The Balaban J connectivity index is 3.04. The smallest absolute Gasteiger partial charge is 0.103 e. The van der Waals surface area contributed by atoms with Crippen LogP contribution in [-0.2, 0) is 12.4 Å². The summed E-state index contributed by atoms with van der Waals surface area (Å²) >= 11 is 5.63. The fourth-order valence-corrected chi connectivity index (χ4v) is 1.95. The lowest BCUT2D eigenvalue weighted by Gasteiger charge is -1.90. The molecule has 0 bridgehead atoms. The van der Waals surface area contributed by atoms with Crippen LogP contribution < -0.4 is 0 Å². The SMILES string of the molecule is Cn1ncc(CBr)c1I. The maximum absolute atomic E-state index is 4.07. The van der Waals surface area contributed by atoms with Crippen molar-refractivity contribution in [1.29, 1.82) is 0 Å². The average molecular weight is 301 g/mol. The lowest BCUT2D eigenvalue weighted by molar-refractivity contribution is 0.746. The van der Waals surface area contributed by atoms with Crippen LogP contribution in [0.4, 0.5) is 0 Å². The molecule has 0 spiro atoms. The monoisotopic (exact) mass is 300 g/mol. The number of aryl methyl sites for hydroxylation is 1. The van der Waals surface area contributed by atoms with Gasteiger partial charge in [-0.3, -0.25) is 4.68 Å². The Kier molecular flexibility index (Phi) is 2.51. The number of hydrogen-bond donors (Lipinski definition) is 0. The van der Waals surface area contributed by atoms with Gasteiger partial charge in [0.1, 0.15) is 3.70 Å². The van der Waals surface area contributed by atoms with Crippen LogP contribution in [0.15, 0.2) is 6.20 Å². The van der Waals surface area contributed by atoms with Gasteiger partial charge in [0.2, 0.25) is 0 Å². The Labute approximate surface area is 75.9 Å². The summed E-state index contributed by atoms with van der Waals surface area (Å²) in [6, 6.07) is 0. The van der Waals surface area contributed by atoms with E-state index in [1.54, 1.807) is 0 Å². The molecule has 0 amide bonds. The van der Waals surface area contributed by atoms with E-state index < -0.39 is 0 Å². The van der Waals surface area contributed by atoms with E-state index in [9.17, 15) is 0 Å². The summed E-state index contributed by atoms with van der Waals surface area (Å²) in [6.07, 6.45) is 1.87. The molecular formula is C5H6BrIN2. The maximum atomic E-state index is 4.07. The summed E-state index contributed by atoms with van der Waals surface area (Å²) in [6.45, 7) is 0. The minimum atomic E-state index is 0.888. The van der Waals surface area contributed by atoms with Crippen LogP contribution in [0.3, 0.4) is 0 Å². The van der Waals surface area contributed by atoms with E-state index in [1.807, 2.05) is 17.9 Å². The van der Waals surface area contributed by atoms with E-state index in [4.69, 9.17) is 0 Å². The molecule has 2 nitrogen and oxygen atoms in total. The minimum absolute atomic E-state index is 0.888. The normalized spacial score (nSPS) is 10.1. The Morgan fingerprint density at radius 1 is 1.89 bits per heavy atom. The first-order chi connectivity index (χ1) is 4.25. The molecule has 0 unspecified atom stereocenters. The number of halogens is 2. The van der Waals surface area contributed by atoms with Crippen molar-refractivity contribution < 1.29 is 0 Å². The third-order valence-corrected chi connectivity index (χ3v) is 3.07. The van der Waals surface area contributed by atoms with E-state index in [1.165, 1.54) is 9.26 Å². The summed E-state index contributed by atoms with van der Waals surface area (Å²) in [4.78, 5) is 0. The van der Waals surface area contributed by atoms with Gasteiger partial charge < -0.3 is 0 Å². The molecule has 9 heavy (non-hydrogen) atoms. The number of aromatic nitrogens is 2. The third-order valence-electron chi connectivity index (χ3n) is 1.08. The summed E-state index contributed by atoms with van der Waals surface area (Å²) in [5.74, 6) is 0. The fraction of sp³-hybridized carbons (Fsp3) is 0.400. The Bertz CT molecular complexity index is 209. The molecule has 0 aromatic carbocycles. The average Bonchev–Trinajstić information content (AvgIpc) is 2.15. The van der Waals surface area contributed by atoms with Gasteiger partial charge in [0.15, 0.2) is 0 Å². The van der Waals surface area contributed by atoms with Crippen molar-refractivity contribution in [3.05, 3.63) is 15.5 Å². The van der Waals surface area contributed by atoms with Gasteiger partial charge in [-0.15, -0.1) is 0 Å². The molecular weight excluding hydrogens is 295 g/mol. The highest BCUT2D eigenvalue weighted by atomic mass is 127. The molecule has 0 aliphatic rings. The molecule has 0 N–H and O–H groups in total.